The Kier molecular flexibility index (Phi) is 2.32. The predicted octanol–water partition coefficient (Wildman–Crippen LogP) is 0.723. The van der Waals surface area contributed by atoms with Gasteiger partial charge in [0.2, 0.25) is 0 Å². The SMILES string of the molecule is CC(C)(N)[C@H]1CCCNC1. The first kappa shape index (κ1) is 8.02. The molecule has 1 fully saturated rings. The fraction of sp³-hybridized carbons (Fsp3) is 1.00. The lowest BCUT2D eigenvalue weighted by Crippen LogP contribution is -2.48. The van der Waals surface area contributed by atoms with Crippen LogP contribution >= 0.6 is 0 Å². The van der Waals surface area contributed by atoms with Crippen LogP contribution in [0.4, 0.5) is 0 Å². The molecule has 1 aliphatic rings. The molecule has 0 radical (unpaired) electrons. The Balaban J connectivity index is 2.39. The third-order valence-electron chi connectivity index (χ3n) is 2.35. The van der Waals surface area contributed by atoms with Gasteiger partial charge in [-0.2, -0.15) is 0 Å². The van der Waals surface area contributed by atoms with Gasteiger partial charge in [0.15, 0.2) is 0 Å². The smallest absolute Gasteiger partial charge is 0.0137 e. The molecule has 2 nitrogen and oxygen atoms in total. The van der Waals surface area contributed by atoms with Crippen LogP contribution in [0.3, 0.4) is 0 Å². The molecule has 0 unspecified atom stereocenters. The van der Waals surface area contributed by atoms with Crippen LogP contribution in [0.15, 0.2) is 0 Å². The molecule has 1 atom stereocenters. The van der Waals surface area contributed by atoms with E-state index in [-0.39, 0.29) is 5.54 Å². The van der Waals surface area contributed by atoms with Crippen molar-refractivity contribution in [1.29, 1.82) is 0 Å². The van der Waals surface area contributed by atoms with Crippen molar-refractivity contribution in [3.05, 3.63) is 0 Å². The quantitative estimate of drug-likeness (QED) is 0.566. The fourth-order valence-electron chi connectivity index (χ4n) is 1.49. The van der Waals surface area contributed by atoms with E-state index in [1.807, 2.05) is 0 Å². The van der Waals surface area contributed by atoms with Crippen LogP contribution < -0.4 is 11.1 Å². The predicted molar refractivity (Wildman–Crippen MR) is 43.9 cm³/mol. The van der Waals surface area contributed by atoms with Crippen LogP contribution in [0.25, 0.3) is 0 Å². The minimum atomic E-state index is 0.00736. The lowest BCUT2D eigenvalue weighted by atomic mass is 9.83. The third kappa shape index (κ3) is 1.96. The molecular formula is C8H18N2. The highest BCUT2D eigenvalue weighted by Crippen LogP contribution is 2.20. The fourth-order valence-corrected chi connectivity index (χ4v) is 1.49. The van der Waals surface area contributed by atoms with E-state index in [1.165, 1.54) is 19.4 Å². The van der Waals surface area contributed by atoms with Gasteiger partial charge in [-0.1, -0.05) is 0 Å². The summed E-state index contributed by atoms with van der Waals surface area (Å²) in [5.74, 6) is 0.668. The van der Waals surface area contributed by atoms with Gasteiger partial charge in [0.1, 0.15) is 0 Å². The standard InChI is InChI=1S/C8H18N2/c1-8(2,9)7-4-3-5-10-6-7/h7,10H,3-6,9H2,1-2H3/t7-/m0/s1. The topological polar surface area (TPSA) is 38.0 Å². The number of rotatable bonds is 1. The molecule has 1 rings (SSSR count). The first-order chi connectivity index (χ1) is 4.61. The van der Waals surface area contributed by atoms with Gasteiger partial charge in [-0.3, -0.25) is 0 Å². The van der Waals surface area contributed by atoms with Crippen LogP contribution in [0, 0.1) is 5.92 Å². The zero-order chi connectivity index (χ0) is 7.61. The van der Waals surface area contributed by atoms with E-state index < -0.39 is 0 Å². The number of nitrogens with two attached hydrogens (primary N) is 1. The van der Waals surface area contributed by atoms with E-state index in [0.717, 1.165) is 6.54 Å². The Bertz CT molecular complexity index is 98.3. The summed E-state index contributed by atoms with van der Waals surface area (Å²) >= 11 is 0. The number of hydrogen-bond acceptors (Lipinski definition) is 2. The van der Waals surface area contributed by atoms with Crippen molar-refractivity contribution in [2.45, 2.75) is 32.2 Å². The summed E-state index contributed by atoms with van der Waals surface area (Å²) in [5, 5.41) is 3.36. The Morgan fingerprint density at radius 1 is 1.50 bits per heavy atom. The molecule has 1 aliphatic heterocycles. The largest absolute Gasteiger partial charge is 0.325 e. The van der Waals surface area contributed by atoms with E-state index in [0.29, 0.717) is 5.92 Å². The average Bonchev–Trinajstić information content (AvgIpc) is 1.88. The molecule has 1 saturated heterocycles. The monoisotopic (exact) mass is 142 g/mol. The summed E-state index contributed by atoms with van der Waals surface area (Å²) in [7, 11) is 0. The first-order valence-corrected chi connectivity index (χ1v) is 4.10. The van der Waals surface area contributed by atoms with E-state index in [4.69, 9.17) is 5.73 Å². The van der Waals surface area contributed by atoms with E-state index in [1.54, 1.807) is 0 Å². The number of hydrogen-bond donors (Lipinski definition) is 2. The second-order valence-electron chi connectivity index (χ2n) is 3.86. The number of nitrogens with one attached hydrogen (secondary N) is 1. The van der Waals surface area contributed by atoms with Crippen molar-refractivity contribution < 1.29 is 0 Å². The normalized spacial score (nSPS) is 28.5. The summed E-state index contributed by atoms with van der Waals surface area (Å²) in [6, 6.07) is 0. The molecule has 60 valence electrons. The first-order valence-electron chi connectivity index (χ1n) is 4.10. The van der Waals surface area contributed by atoms with Gasteiger partial charge in [0, 0.05) is 5.54 Å². The van der Waals surface area contributed by atoms with Crippen molar-refractivity contribution in [3.8, 4) is 0 Å². The number of piperidine rings is 1. The zero-order valence-corrected chi connectivity index (χ0v) is 6.98. The van der Waals surface area contributed by atoms with E-state index >= 15 is 0 Å². The lowest BCUT2D eigenvalue weighted by molar-refractivity contribution is 0.255. The molecule has 2 heteroatoms. The molecule has 0 spiro atoms. The third-order valence-corrected chi connectivity index (χ3v) is 2.35. The molecule has 0 saturated carbocycles. The average molecular weight is 142 g/mol. The van der Waals surface area contributed by atoms with E-state index in [9.17, 15) is 0 Å². The Morgan fingerprint density at radius 3 is 2.50 bits per heavy atom. The maximum atomic E-state index is 5.97. The van der Waals surface area contributed by atoms with Crippen LogP contribution in [0.5, 0.6) is 0 Å². The second kappa shape index (κ2) is 2.89. The van der Waals surface area contributed by atoms with Crippen LogP contribution in [-0.4, -0.2) is 18.6 Å². The molecule has 1 heterocycles. The van der Waals surface area contributed by atoms with Gasteiger partial charge in [-0.05, 0) is 45.7 Å². The van der Waals surface area contributed by atoms with Crippen LogP contribution in [0.1, 0.15) is 26.7 Å². The van der Waals surface area contributed by atoms with Gasteiger partial charge in [0.25, 0.3) is 0 Å². The molecule has 10 heavy (non-hydrogen) atoms. The lowest BCUT2D eigenvalue weighted by Gasteiger charge is -2.33. The highest BCUT2D eigenvalue weighted by molar-refractivity contribution is 4.85. The van der Waals surface area contributed by atoms with Crippen molar-refractivity contribution in [2.24, 2.45) is 11.7 Å². The van der Waals surface area contributed by atoms with Gasteiger partial charge < -0.3 is 11.1 Å². The molecule has 0 amide bonds. The Labute approximate surface area is 63.2 Å². The van der Waals surface area contributed by atoms with Gasteiger partial charge in [-0.25, -0.2) is 0 Å². The summed E-state index contributed by atoms with van der Waals surface area (Å²) < 4.78 is 0. The Morgan fingerprint density at radius 2 is 2.20 bits per heavy atom. The maximum absolute atomic E-state index is 5.97. The van der Waals surface area contributed by atoms with Crippen LogP contribution in [-0.2, 0) is 0 Å². The molecule has 0 bridgehead atoms. The zero-order valence-electron chi connectivity index (χ0n) is 6.98. The van der Waals surface area contributed by atoms with Gasteiger partial charge >= 0.3 is 0 Å². The van der Waals surface area contributed by atoms with Crippen molar-refractivity contribution in [2.75, 3.05) is 13.1 Å². The Hall–Kier alpha value is -0.0800. The minimum Gasteiger partial charge on any atom is -0.325 e. The molecule has 3 N–H and O–H groups in total. The van der Waals surface area contributed by atoms with Crippen molar-refractivity contribution >= 4 is 0 Å². The summed E-state index contributed by atoms with van der Waals surface area (Å²) in [4.78, 5) is 0. The highest BCUT2D eigenvalue weighted by atomic mass is 14.9. The summed E-state index contributed by atoms with van der Waals surface area (Å²) in [6.07, 6.45) is 2.57. The molecule has 0 aromatic heterocycles. The minimum absolute atomic E-state index is 0.00736. The van der Waals surface area contributed by atoms with E-state index in [2.05, 4.69) is 19.2 Å². The highest BCUT2D eigenvalue weighted by Gasteiger charge is 2.25. The van der Waals surface area contributed by atoms with Gasteiger partial charge in [0.05, 0.1) is 0 Å². The van der Waals surface area contributed by atoms with Crippen molar-refractivity contribution in [1.82, 2.24) is 5.32 Å². The second-order valence-corrected chi connectivity index (χ2v) is 3.86. The van der Waals surface area contributed by atoms with Gasteiger partial charge in [-0.15, -0.1) is 0 Å². The molecule has 0 aliphatic carbocycles. The maximum Gasteiger partial charge on any atom is 0.0137 e. The molecular weight excluding hydrogens is 124 g/mol. The van der Waals surface area contributed by atoms with Crippen LogP contribution in [0.2, 0.25) is 0 Å². The molecule has 0 aromatic rings. The molecule has 0 aromatic carbocycles. The summed E-state index contributed by atoms with van der Waals surface area (Å²) in [6.45, 7) is 6.51. The van der Waals surface area contributed by atoms with Crippen molar-refractivity contribution in [3.63, 3.8) is 0 Å². The summed E-state index contributed by atoms with van der Waals surface area (Å²) in [5.41, 5.74) is 5.98.